The molecule has 0 saturated carbocycles. The summed E-state index contributed by atoms with van der Waals surface area (Å²) in [5, 5.41) is 1.23. The third kappa shape index (κ3) is 4.25. The van der Waals surface area contributed by atoms with Crippen molar-refractivity contribution in [3.05, 3.63) is 50.9 Å². The molecule has 1 aromatic carbocycles. The molecule has 0 bridgehead atoms. The molecule has 1 N–H and O–H groups in total. The number of thioether (sulfide) groups is 1. The number of halogens is 1. The highest BCUT2D eigenvalue weighted by molar-refractivity contribution is 7.99. The molecule has 0 saturated heterocycles. The number of aryl methyl sites for hydroxylation is 1. The summed E-state index contributed by atoms with van der Waals surface area (Å²) < 4.78 is 5.61. The Morgan fingerprint density at radius 2 is 2.14 bits per heavy atom. The summed E-state index contributed by atoms with van der Waals surface area (Å²) in [6.45, 7) is 4.25. The Labute approximate surface area is 132 Å². The Morgan fingerprint density at radius 3 is 2.81 bits per heavy atom. The summed E-state index contributed by atoms with van der Waals surface area (Å²) in [5.74, 6) is 1.50. The van der Waals surface area contributed by atoms with Crippen LogP contribution in [0.3, 0.4) is 0 Å². The predicted molar refractivity (Wildman–Crippen MR) is 86.6 cm³/mol. The van der Waals surface area contributed by atoms with Crippen LogP contribution in [0.1, 0.15) is 18.2 Å². The molecule has 1 heterocycles. The van der Waals surface area contributed by atoms with E-state index >= 15 is 0 Å². The smallest absolute Gasteiger partial charge is 0.255 e. The van der Waals surface area contributed by atoms with Crippen LogP contribution in [0.2, 0.25) is 5.02 Å². The molecule has 0 aliphatic rings. The van der Waals surface area contributed by atoms with Crippen LogP contribution in [0.25, 0.3) is 0 Å². The number of nitrogens with one attached hydrogen (secondary N) is 1. The van der Waals surface area contributed by atoms with Gasteiger partial charge in [-0.05, 0) is 24.8 Å². The van der Waals surface area contributed by atoms with Gasteiger partial charge >= 0.3 is 0 Å². The van der Waals surface area contributed by atoms with Crippen LogP contribution in [0.15, 0.2) is 34.2 Å². The van der Waals surface area contributed by atoms with E-state index < -0.39 is 0 Å². The van der Waals surface area contributed by atoms with Crippen molar-refractivity contribution < 1.29 is 4.74 Å². The van der Waals surface area contributed by atoms with Gasteiger partial charge in [0.1, 0.15) is 5.75 Å². The third-order valence-electron chi connectivity index (χ3n) is 2.93. The van der Waals surface area contributed by atoms with E-state index in [1.54, 1.807) is 12.1 Å². The lowest BCUT2D eigenvalue weighted by Crippen LogP contribution is -2.19. The summed E-state index contributed by atoms with van der Waals surface area (Å²) >= 11 is 7.54. The molecule has 0 aliphatic carbocycles. The van der Waals surface area contributed by atoms with Gasteiger partial charge in [0.05, 0.1) is 11.6 Å². The highest BCUT2D eigenvalue weighted by Crippen LogP contribution is 2.23. The van der Waals surface area contributed by atoms with Crippen molar-refractivity contribution in [1.82, 2.24) is 9.97 Å². The van der Waals surface area contributed by atoms with Crippen LogP contribution >= 0.6 is 23.4 Å². The number of H-pyrrole nitrogens is 1. The molecule has 0 aliphatic heterocycles. The minimum Gasteiger partial charge on any atom is -0.492 e. The van der Waals surface area contributed by atoms with E-state index in [2.05, 4.69) is 9.97 Å². The summed E-state index contributed by atoms with van der Waals surface area (Å²) in [6.07, 6.45) is 0.496. The summed E-state index contributed by atoms with van der Waals surface area (Å²) in [5.41, 5.74) is 1.31. The second-order valence-corrected chi connectivity index (χ2v) is 6.06. The first-order valence-corrected chi connectivity index (χ1v) is 8.08. The highest BCUT2D eigenvalue weighted by Gasteiger charge is 2.09. The van der Waals surface area contributed by atoms with Crippen molar-refractivity contribution in [2.24, 2.45) is 0 Å². The number of benzene rings is 1. The maximum atomic E-state index is 12.1. The molecule has 0 amide bonds. The van der Waals surface area contributed by atoms with Crippen molar-refractivity contribution in [3.63, 3.8) is 0 Å². The lowest BCUT2D eigenvalue weighted by molar-refractivity contribution is 0.321. The van der Waals surface area contributed by atoms with Crippen LogP contribution in [0.4, 0.5) is 0 Å². The zero-order valence-corrected chi connectivity index (χ0v) is 13.6. The quantitative estimate of drug-likeness (QED) is 0.653. The maximum Gasteiger partial charge on any atom is 0.255 e. The third-order valence-corrected chi connectivity index (χ3v) is 4.00. The molecular weight excluding hydrogens is 308 g/mol. The Morgan fingerprint density at radius 1 is 1.38 bits per heavy atom. The van der Waals surface area contributed by atoms with Gasteiger partial charge in [0.2, 0.25) is 0 Å². The monoisotopic (exact) mass is 324 g/mol. The van der Waals surface area contributed by atoms with Gasteiger partial charge in [-0.25, -0.2) is 4.98 Å². The molecule has 0 radical (unpaired) electrons. The number of nitrogens with zero attached hydrogens (tertiary/aromatic N) is 1. The first kappa shape index (κ1) is 15.9. The van der Waals surface area contributed by atoms with Crippen LogP contribution in [-0.4, -0.2) is 22.3 Å². The summed E-state index contributed by atoms with van der Waals surface area (Å²) in [6, 6.07) is 7.28. The zero-order chi connectivity index (χ0) is 15.2. The van der Waals surface area contributed by atoms with Crippen LogP contribution in [0.5, 0.6) is 5.75 Å². The van der Waals surface area contributed by atoms with Gasteiger partial charge < -0.3 is 9.72 Å². The van der Waals surface area contributed by atoms with Crippen LogP contribution < -0.4 is 10.3 Å². The number of hydrogen-bond donors (Lipinski definition) is 1. The van der Waals surface area contributed by atoms with E-state index in [0.717, 1.165) is 11.4 Å². The number of para-hydroxylation sites is 1. The number of aromatic nitrogens is 2. The van der Waals surface area contributed by atoms with Crippen LogP contribution in [-0.2, 0) is 6.42 Å². The van der Waals surface area contributed by atoms with E-state index in [-0.39, 0.29) is 5.56 Å². The number of hydrogen-bond acceptors (Lipinski definition) is 4. The molecular formula is C15H17ClN2O2S. The second kappa shape index (κ2) is 7.52. The topological polar surface area (TPSA) is 55.0 Å². The SMILES string of the molecule is CCSc1nc(C)c(CCOc2ccccc2Cl)c(=O)[nH]1. The fraction of sp³-hybridized carbons (Fsp3) is 0.333. The molecule has 21 heavy (non-hydrogen) atoms. The standard InChI is InChI=1S/C15H17ClN2O2S/c1-3-21-15-17-10(2)11(14(19)18-15)8-9-20-13-7-5-4-6-12(13)16/h4-7H,3,8-9H2,1-2H3,(H,17,18,19). The van der Waals surface area contributed by atoms with Crippen molar-refractivity contribution in [1.29, 1.82) is 0 Å². The average molecular weight is 325 g/mol. The summed E-state index contributed by atoms with van der Waals surface area (Å²) in [7, 11) is 0. The molecule has 4 nitrogen and oxygen atoms in total. The first-order chi connectivity index (χ1) is 10.1. The van der Waals surface area contributed by atoms with Gasteiger partial charge in [-0.15, -0.1) is 0 Å². The van der Waals surface area contributed by atoms with Crippen molar-refractivity contribution in [3.8, 4) is 5.75 Å². The lowest BCUT2D eigenvalue weighted by atomic mass is 10.2. The first-order valence-electron chi connectivity index (χ1n) is 6.71. The van der Waals surface area contributed by atoms with E-state index in [1.807, 2.05) is 26.0 Å². The zero-order valence-electron chi connectivity index (χ0n) is 12.0. The molecule has 2 rings (SSSR count). The molecule has 0 atom stereocenters. The number of ether oxygens (including phenoxy) is 1. The highest BCUT2D eigenvalue weighted by atomic mass is 35.5. The van der Waals surface area contributed by atoms with Gasteiger partial charge in [-0.1, -0.05) is 42.4 Å². The van der Waals surface area contributed by atoms with Gasteiger partial charge in [-0.2, -0.15) is 0 Å². The van der Waals surface area contributed by atoms with E-state index in [9.17, 15) is 4.79 Å². The fourth-order valence-electron chi connectivity index (χ4n) is 1.91. The minimum absolute atomic E-state index is 0.0961. The second-order valence-electron chi connectivity index (χ2n) is 4.40. The van der Waals surface area contributed by atoms with E-state index in [4.69, 9.17) is 16.3 Å². The minimum atomic E-state index is -0.0961. The van der Waals surface area contributed by atoms with E-state index in [1.165, 1.54) is 11.8 Å². The molecule has 0 spiro atoms. The van der Waals surface area contributed by atoms with Gasteiger partial charge in [-0.3, -0.25) is 4.79 Å². The summed E-state index contributed by atoms with van der Waals surface area (Å²) in [4.78, 5) is 19.2. The van der Waals surface area contributed by atoms with Gasteiger partial charge in [0, 0.05) is 17.7 Å². The molecule has 0 fully saturated rings. The Kier molecular flexibility index (Phi) is 5.70. The number of aromatic amines is 1. The van der Waals surface area contributed by atoms with Crippen molar-refractivity contribution in [2.75, 3.05) is 12.4 Å². The average Bonchev–Trinajstić information content (AvgIpc) is 2.44. The molecule has 0 unspecified atom stereocenters. The van der Waals surface area contributed by atoms with Crippen LogP contribution in [0, 0.1) is 6.92 Å². The van der Waals surface area contributed by atoms with Gasteiger partial charge in [0.25, 0.3) is 5.56 Å². The molecule has 1 aromatic heterocycles. The maximum absolute atomic E-state index is 12.1. The number of rotatable bonds is 6. The van der Waals surface area contributed by atoms with Gasteiger partial charge in [0.15, 0.2) is 5.16 Å². The molecule has 112 valence electrons. The largest absolute Gasteiger partial charge is 0.492 e. The van der Waals surface area contributed by atoms with E-state index in [0.29, 0.717) is 34.5 Å². The predicted octanol–water partition coefficient (Wildman–Crippen LogP) is 3.47. The lowest BCUT2D eigenvalue weighted by Gasteiger charge is -2.09. The van der Waals surface area contributed by atoms with Crippen molar-refractivity contribution in [2.45, 2.75) is 25.4 Å². The molecule has 6 heteroatoms. The fourth-order valence-corrected chi connectivity index (χ4v) is 2.74. The molecule has 2 aromatic rings. The Hall–Kier alpha value is -1.46. The Bertz CT molecular complexity index is 673. The van der Waals surface area contributed by atoms with Crippen molar-refractivity contribution >= 4 is 23.4 Å². The normalized spacial score (nSPS) is 10.6. The Balaban J connectivity index is 2.04.